The molecule has 0 bridgehead atoms. The Morgan fingerprint density at radius 2 is 2.19 bits per heavy atom. The Kier molecular flexibility index (Phi) is 4.28. The summed E-state index contributed by atoms with van der Waals surface area (Å²) in [6, 6.07) is 0. The van der Waals surface area contributed by atoms with Gasteiger partial charge in [-0.2, -0.15) is 0 Å². The number of carbonyl (C=O) groups excluding carboxylic acids is 3. The van der Waals surface area contributed by atoms with Gasteiger partial charge in [0.2, 0.25) is 0 Å². The molecule has 1 rings (SSSR count). The smallest absolute Gasteiger partial charge is 0.409 e. The van der Waals surface area contributed by atoms with Crippen molar-refractivity contribution in [3.8, 4) is 0 Å². The number of likely N-dealkylation sites (tertiary alicyclic amines) is 1. The van der Waals surface area contributed by atoms with Crippen molar-refractivity contribution in [3.05, 3.63) is 0 Å². The Balaban J connectivity index is 2.63. The maximum absolute atomic E-state index is 11.4. The second kappa shape index (κ2) is 5.48. The van der Waals surface area contributed by atoms with E-state index in [-0.39, 0.29) is 25.4 Å². The van der Waals surface area contributed by atoms with Gasteiger partial charge in [0.1, 0.15) is 5.92 Å². The van der Waals surface area contributed by atoms with E-state index in [4.69, 9.17) is 4.74 Å². The van der Waals surface area contributed by atoms with E-state index in [2.05, 4.69) is 4.74 Å². The first-order valence-corrected chi connectivity index (χ1v) is 5.12. The van der Waals surface area contributed by atoms with E-state index >= 15 is 0 Å². The molecule has 1 heterocycles. The lowest BCUT2D eigenvalue weighted by molar-refractivity contribution is -0.151. The Labute approximate surface area is 93.5 Å². The summed E-state index contributed by atoms with van der Waals surface area (Å²) in [5.74, 6) is -1.66. The summed E-state index contributed by atoms with van der Waals surface area (Å²) in [6.07, 6.45) is -0.331. The fourth-order valence-corrected chi connectivity index (χ4v) is 1.56. The number of hydrogen-bond acceptors (Lipinski definition) is 5. The van der Waals surface area contributed by atoms with Crippen molar-refractivity contribution in [2.45, 2.75) is 13.3 Å². The lowest BCUT2D eigenvalue weighted by atomic mass is 9.97. The molecule has 6 heteroatoms. The van der Waals surface area contributed by atoms with Crippen molar-refractivity contribution in [2.24, 2.45) is 5.92 Å². The molecule has 0 unspecified atom stereocenters. The lowest BCUT2D eigenvalue weighted by Crippen LogP contribution is -2.47. The van der Waals surface area contributed by atoms with Crippen LogP contribution in [0.15, 0.2) is 0 Å². The van der Waals surface area contributed by atoms with Gasteiger partial charge < -0.3 is 14.4 Å². The first kappa shape index (κ1) is 12.5. The number of hydrogen-bond donors (Lipinski definition) is 0. The van der Waals surface area contributed by atoms with Crippen molar-refractivity contribution in [1.29, 1.82) is 0 Å². The van der Waals surface area contributed by atoms with E-state index in [0.29, 0.717) is 6.54 Å². The zero-order chi connectivity index (χ0) is 12.1. The van der Waals surface area contributed by atoms with Gasteiger partial charge in [0.25, 0.3) is 0 Å². The van der Waals surface area contributed by atoms with Crippen molar-refractivity contribution in [2.75, 3.05) is 26.8 Å². The SMILES string of the molecule is CCOC(=O)N1CCC(=O)[C@@H](C(=O)OC)C1. The van der Waals surface area contributed by atoms with E-state index in [0.717, 1.165) is 0 Å². The summed E-state index contributed by atoms with van der Waals surface area (Å²) < 4.78 is 9.31. The number of rotatable bonds is 2. The molecule has 0 radical (unpaired) electrons. The molecule has 0 saturated carbocycles. The number of piperidine rings is 1. The van der Waals surface area contributed by atoms with Crippen LogP contribution in [-0.2, 0) is 19.1 Å². The molecule has 1 aliphatic rings. The Bertz CT molecular complexity index is 294. The highest BCUT2D eigenvalue weighted by molar-refractivity contribution is 6.00. The van der Waals surface area contributed by atoms with Crippen LogP contribution in [0.1, 0.15) is 13.3 Å². The van der Waals surface area contributed by atoms with Gasteiger partial charge >= 0.3 is 12.1 Å². The van der Waals surface area contributed by atoms with Crippen LogP contribution in [0.4, 0.5) is 4.79 Å². The van der Waals surface area contributed by atoms with Crippen LogP contribution in [0.5, 0.6) is 0 Å². The predicted molar refractivity (Wildman–Crippen MR) is 53.7 cm³/mol. The van der Waals surface area contributed by atoms with E-state index in [1.165, 1.54) is 12.0 Å². The molecule has 16 heavy (non-hydrogen) atoms. The monoisotopic (exact) mass is 229 g/mol. The molecule has 0 aliphatic carbocycles. The number of methoxy groups -OCH3 is 1. The van der Waals surface area contributed by atoms with E-state index < -0.39 is 18.0 Å². The molecule has 0 aromatic heterocycles. The number of carbonyl (C=O) groups is 3. The second-order valence-corrected chi connectivity index (χ2v) is 3.44. The third-order valence-electron chi connectivity index (χ3n) is 2.43. The predicted octanol–water partition coefficient (Wildman–Crippen LogP) is 0.207. The molecule has 1 saturated heterocycles. The average molecular weight is 229 g/mol. The molecule has 1 fully saturated rings. The molecule has 0 aromatic carbocycles. The first-order valence-electron chi connectivity index (χ1n) is 5.12. The summed E-state index contributed by atoms with van der Waals surface area (Å²) in [4.78, 5) is 35.5. The minimum atomic E-state index is -0.872. The molecule has 0 aromatic rings. The zero-order valence-electron chi connectivity index (χ0n) is 9.39. The van der Waals surface area contributed by atoms with Crippen LogP contribution in [0.25, 0.3) is 0 Å². The molecule has 90 valence electrons. The molecule has 6 nitrogen and oxygen atoms in total. The minimum Gasteiger partial charge on any atom is -0.468 e. The van der Waals surface area contributed by atoms with Gasteiger partial charge in [-0.15, -0.1) is 0 Å². The lowest BCUT2D eigenvalue weighted by Gasteiger charge is -2.29. The number of ketones is 1. The van der Waals surface area contributed by atoms with Gasteiger partial charge in [0.05, 0.1) is 13.7 Å². The zero-order valence-corrected chi connectivity index (χ0v) is 9.39. The Hall–Kier alpha value is -1.59. The van der Waals surface area contributed by atoms with Crippen molar-refractivity contribution < 1.29 is 23.9 Å². The van der Waals surface area contributed by atoms with Crippen LogP contribution in [-0.4, -0.2) is 49.6 Å². The van der Waals surface area contributed by atoms with Crippen LogP contribution < -0.4 is 0 Å². The molecule has 0 N–H and O–H groups in total. The number of ether oxygens (including phenoxy) is 2. The molecular weight excluding hydrogens is 214 g/mol. The van der Waals surface area contributed by atoms with Gasteiger partial charge in [-0.05, 0) is 6.92 Å². The molecule has 1 atom stereocenters. The average Bonchev–Trinajstić information content (AvgIpc) is 2.29. The number of esters is 1. The maximum atomic E-state index is 11.4. The van der Waals surface area contributed by atoms with Crippen molar-refractivity contribution in [1.82, 2.24) is 4.90 Å². The highest BCUT2D eigenvalue weighted by Gasteiger charge is 2.35. The van der Waals surface area contributed by atoms with E-state index in [9.17, 15) is 14.4 Å². The molecule has 1 aliphatic heterocycles. The Morgan fingerprint density at radius 3 is 2.75 bits per heavy atom. The quantitative estimate of drug-likeness (QED) is 0.500. The molecular formula is C10H15NO5. The third-order valence-corrected chi connectivity index (χ3v) is 2.43. The number of Topliss-reactive ketones (excluding diaryl/α,β-unsaturated/α-hetero) is 1. The minimum absolute atomic E-state index is 0.0460. The first-order chi connectivity index (χ1) is 7.60. The van der Waals surface area contributed by atoms with Crippen LogP contribution in [0.3, 0.4) is 0 Å². The molecule has 0 spiro atoms. The fourth-order valence-electron chi connectivity index (χ4n) is 1.56. The highest BCUT2D eigenvalue weighted by atomic mass is 16.6. The summed E-state index contributed by atoms with van der Waals surface area (Å²) in [7, 11) is 1.22. The van der Waals surface area contributed by atoms with Gasteiger partial charge in [0, 0.05) is 19.5 Å². The fraction of sp³-hybridized carbons (Fsp3) is 0.700. The maximum Gasteiger partial charge on any atom is 0.409 e. The van der Waals surface area contributed by atoms with Crippen molar-refractivity contribution in [3.63, 3.8) is 0 Å². The van der Waals surface area contributed by atoms with E-state index in [1.807, 2.05) is 0 Å². The van der Waals surface area contributed by atoms with Gasteiger partial charge in [-0.1, -0.05) is 0 Å². The number of amides is 1. The molecule has 1 amide bonds. The normalized spacial score (nSPS) is 20.5. The Morgan fingerprint density at radius 1 is 1.50 bits per heavy atom. The van der Waals surface area contributed by atoms with Crippen LogP contribution >= 0.6 is 0 Å². The summed E-state index contributed by atoms with van der Waals surface area (Å²) >= 11 is 0. The third kappa shape index (κ3) is 2.71. The van der Waals surface area contributed by atoms with E-state index in [1.54, 1.807) is 6.92 Å². The second-order valence-electron chi connectivity index (χ2n) is 3.44. The summed E-state index contributed by atoms with van der Waals surface area (Å²) in [6.45, 7) is 2.31. The van der Waals surface area contributed by atoms with Gasteiger partial charge in [-0.3, -0.25) is 9.59 Å². The van der Waals surface area contributed by atoms with Crippen LogP contribution in [0, 0.1) is 5.92 Å². The summed E-state index contributed by atoms with van der Waals surface area (Å²) in [5.41, 5.74) is 0. The number of nitrogens with zero attached hydrogens (tertiary/aromatic N) is 1. The van der Waals surface area contributed by atoms with Gasteiger partial charge in [0.15, 0.2) is 5.78 Å². The largest absolute Gasteiger partial charge is 0.468 e. The van der Waals surface area contributed by atoms with Crippen LogP contribution in [0.2, 0.25) is 0 Å². The summed E-state index contributed by atoms with van der Waals surface area (Å²) in [5, 5.41) is 0. The van der Waals surface area contributed by atoms with Crippen molar-refractivity contribution >= 4 is 17.8 Å². The highest BCUT2D eigenvalue weighted by Crippen LogP contribution is 2.15. The van der Waals surface area contributed by atoms with Gasteiger partial charge in [-0.25, -0.2) is 4.79 Å². The topological polar surface area (TPSA) is 72.9 Å². The standard InChI is InChI=1S/C10H15NO5/c1-3-16-10(14)11-5-4-8(12)7(6-11)9(13)15-2/h7H,3-6H2,1-2H3/t7-/m0/s1.